The largest absolute Gasteiger partial charge is 0.433 e. The van der Waals surface area contributed by atoms with Gasteiger partial charge in [0, 0.05) is 17.3 Å². The van der Waals surface area contributed by atoms with Crippen LogP contribution >= 0.6 is 0 Å². The van der Waals surface area contributed by atoms with E-state index in [9.17, 15) is 26.3 Å². The molecule has 168 valence electrons. The number of benzene rings is 1. The molecule has 0 amide bonds. The molecule has 0 aliphatic carbocycles. The number of nitrogen functional groups attached to an aromatic ring is 1. The lowest BCUT2D eigenvalue weighted by atomic mass is 10.1. The maximum atomic E-state index is 13.7. The number of nitrogens with two attached hydrogens (primary N) is 1. The van der Waals surface area contributed by atoms with Gasteiger partial charge in [0.2, 0.25) is 0 Å². The summed E-state index contributed by atoms with van der Waals surface area (Å²) in [7, 11) is 0. The number of hydrogen-bond acceptors (Lipinski definition) is 4. The van der Waals surface area contributed by atoms with E-state index in [2.05, 4.69) is 26.9 Å². The number of rotatable bonds is 1. The molecule has 0 atom stereocenters. The quantitative estimate of drug-likeness (QED) is 0.316. The van der Waals surface area contributed by atoms with Gasteiger partial charge in [0.05, 0.1) is 23.0 Å². The number of aromatic nitrogens is 4. The third-order valence-electron chi connectivity index (χ3n) is 4.73. The number of nitrogens with zero attached hydrogens (tertiary/aromatic N) is 4. The van der Waals surface area contributed by atoms with E-state index >= 15 is 0 Å². The van der Waals surface area contributed by atoms with Crippen molar-refractivity contribution < 1.29 is 26.3 Å². The lowest BCUT2D eigenvalue weighted by Gasteiger charge is -2.12. The van der Waals surface area contributed by atoms with E-state index in [-0.39, 0.29) is 22.5 Å². The van der Waals surface area contributed by atoms with Gasteiger partial charge in [-0.05, 0) is 36.8 Å². The Balaban J connectivity index is 1.85. The molecule has 3 heterocycles. The van der Waals surface area contributed by atoms with Crippen LogP contribution in [0.25, 0.3) is 16.9 Å². The maximum Gasteiger partial charge on any atom is 0.433 e. The first-order valence-corrected chi connectivity index (χ1v) is 9.31. The Morgan fingerprint density at radius 3 is 2.21 bits per heavy atom. The summed E-state index contributed by atoms with van der Waals surface area (Å²) < 4.78 is 80.1. The van der Waals surface area contributed by atoms with Crippen LogP contribution < -0.4 is 5.73 Å². The van der Waals surface area contributed by atoms with Crippen LogP contribution in [0.3, 0.4) is 0 Å². The van der Waals surface area contributed by atoms with Gasteiger partial charge < -0.3 is 5.73 Å². The van der Waals surface area contributed by atoms with Crippen molar-refractivity contribution in [3.8, 4) is 23.1 Å². The van der Waals surface area contributed by atoms with E-state index < -0.39 is 23.6 Å². The summed E-state index contributed by atoms with van der Waals surface area (Å²) in [5.74, 6) is 5.83. The molecule has 1 aromatic carbocycles. The third kappa shape index (κ3) is 4.45. The number of halogens is 6. The minimum Gasteiger partial charge on any atom is -0.383 e. The zero-order chi connectivity index (χ0) is 24.0. The number of hydrogen-bond donors (Lipinski definition) is 1. The van der Waals surface area contributed by atoms with Crippen molar-refractivity contribution in [3.05, 3.63) is 76.7 Å². The van der Waals surface area contributed by atoms with E-state index in [0.717, 1.165) is 36.5 Å². The molecule has 0 saturated carbocycles. The first-order valence-electron chi connectivity index (χ1n) is 9.31. The first kappa shape index (κ1) is 22.1. The Morgan fingerprint density at radius 2 is 1.61 bits per heavy atom. The van der Waals surface area contributed by atoms with Crippen LogP contribution in [0.5, 0.6) is 0 Å². The summed E-state index contributed by atoms with van der Waals surface area (Å²) in [4.78, 5) is 8.17. The smallest absolute Gasteiger partial charge is 0.383 e. The fraction of sp³-hybridized carbons (Fsp3) is 0.136. The Labute approximate surface area is 182 Å². The molecule has 4 aromatic rings. The predicted octanol–water partition coefficient (Wildman–Crippen LogP) is 5.12. The molecule has 0 saturated heterocycles. The summed E-state index contributed by atoms with van der Waals surface area (Å²) in [6, 6.07) is 6.08. The monoisotopic (exact) mass is 461 g/mol. The molecule has 3 aromatic heterocycles. The molecular formula is C22H13F6N5. The number of alkyl halides is 6. The number of anilines is 1. The molecule has 0 unspecified atom stereocenters. The molecule has 33 heavy (non-hydrogen) atoms. The maximum absolute atomic E-state index is 13.7. The Hall–Kier alpha value is -4.07. The molecule has 2 N–H and O–H groups in total. The normalized spacial score (nSPS) is 12.0. The van der Waals surface area contributed by atoms with Gasteiger partial charge >= 0.3 is 12.4 Å². The molecule has 0 aliphatic heterocycles. The molecule has 0 radical (unpaired) electrons. The summed E-state index contributed by atoms with van der Waals surface area (Å²) in [6.07, 6.45) is -6.81. The van der Waals surface area contributed by atoms with Gasteiger partial charge in [0.1, 0.15) is 5.82 Å². The van der Waals surface area contributed by atoms with Crippen LogP contribution in [0.2, 0.25) is 0 Å². The molecule has 11 heteroatoms. The van der Waals surface area contributed by atoms with E-state index in [4.69, 9.17) is 5.73 Å². The molecule has 0 spiro atoms. The van der Waals surface area contributed by atoms with Crippen molar-refractivity contribution in [2.45, 2.75) is 19.3 Å². The van der Waals surface area contributed by atoms with Gasteiger partial charge in [-0.1, -0.05) is 24.0 Å². The molecule has 0 bridgehead atoms. The number of pyridine rings is 1. The van der Waals surface area contributed by atoms with Crippen LogP contribution in [0.1, 0.15) is 27.9 Å². The van der Waals surface area contributed by atoms with Crippen molar-refractivity contribution in [1.29, 1.82) is 0 Å². The Kier molecular flexibility index (Phi) is 5.24. The highest BCUT2D eigenvalue weighted by Gasteiger charge is 2.36. The molecular weight excluding hydrogens is 448 g/mol. The van der Waals surface area contributed by atoms with Crippen LogP contribution in [-0.4, -0.2) is 19.6 Å². The molecule has 0 aliphatic rings. The van der Waals surface area contributed by atoms with Gasteiger partial charge in [-0.2, -0.15) is 31.4 Å². The summed E-state index contributed by atoms with van der Waals surface area (Å²) in [5, 5.41) is 3.76. The molecule has 5 nitrogen and oxygen atoms in total. The minimum absolute atomic E-state index is 0.0782. The van der Waals surface area contributed by atoms with Crippen LogP contribution in [0, 0.1) is 18.8 Å². The Morgan fingerprint density at radius 1 is 0.909 bits per heavy atom. The second kappa shape index (κ2) is 7.81. The third-order valence-corrected chi connectivity index (χ3v) is 4.73. The van der Waals surface area contributed by atoms with Gasteiger partial charge in [0.25, 0.3) is 0 Å². The zero-order valence-electron chi connectivity index (χ0n) is 16.8. The van der Waals surface area contributed by atoms with E-state index in [1.807, 2.05) is 0 Å². The van der Waals surface area contributed by atoms with Gasteiger partial charge in [-0.3, -0.25) is 0 Å². The summed E-state index contributed by atoms with van der Waals surface area (Å²) in [6.45, 7) is 1.73. The molecule has 4 rings (SSSR count). The lowest BCUT2D eigenvalue weighted by Crippen LogP contribution is -2.13. The van der Waals surface area contributed by atoms with Gasteiger partial charge in [-0.15, -0.1) is 0 Å². The second-order valence-corrected chi connectivity index (χ2v) is 7.07. The highest BCUT2D eigenvalue weighted by Crippen LogP contribution is 2.34. The van der Waals surface area contributed by atoms with Crippen molar-refractivity contribution in [3.63, 3.8) is 0 Å². The summed E-state index contributed by atoms with van der Waals surface area (Å²) in [5.41, 5.74) is 4.59. The average Bonchev–Trinajstić information content (AvgIpc) is 3.15. The fourth-order valence-electron chi connectivity index (χ4n) is 3.02. The van der Waals surface area contributed by atoms with Gasteiger partial charge in [-0.25, -0.2) is 14.5 Å². The van der Waals surface area contributed by atoms with E-state index in [0.29, 0.717) is 21.5 Å². The topological polar surface area (TPSA) is 69.1 Å². The average molecular weight is 461 g/mol. The Bertz CT molecular complexity index is 1410. The van der Waals surface area contributed by atoms with Gasteiger partial charge in [0.15, 0.2) is 11.3 Å². The van der Waals surface area contributed by atoms with Crippen molar-refractivity contribution in [1.82, 2.24) is 19.6 Å². The predicted molar refractivity (Wildman–Crippen MR) is 108 cm³/mol. The van der Waals surface area contributed by atoms with E-state index in [1.165, 1.54) is 6.20 Å². The van der Waals surface area contributed by atoms with Crippen LogP contribution in [0.4, 0.5) is 32.2 Å². The van der Waals surface area contributed by atoms with E-state index in [1.54, 1.807) is 13.0 Å². The zero-order valence-corrected chi connectivity index (χ0v) is 16.8. The van der Waals surface area contributed by atoms with Crippen LogP contribution in [-0.2, 0) is 12.4 Å². The molecule has 0 fully saturated rings. The minimum atomic E-state index is -4.80. The first-order chi connectivity index (χ1) is 15.4. The van der Waals surface area contributed by atoms with Crippen molar-refractivity contribution >= 4 is 11.5 Å². The number of aryl methyl sites for hydroxylation is 1. The highest BCUT2D eigenvalue weighted by molar-refractivity contribution is 5.67. The number of fused-ring (bicyclic) bond motifs is 1. The second-order valence-electron chi connectivity index (χ2n) is 7.07. The lowest BCUT2D eigenvalue weighted by molar-refractivity contribution is -0.142. The van der Waals surface area contributed by atoms with Crippen molar-refractivity contribution in [2.75, 3.05) is 5.73 Å². The summed E-state index contributed by atoms with van der Waals surface area (Å²) >= 11 is 0. The van der Waals surface area contributed by atoms with Crippen LogP contribution in [0.15, 0.2) is 48.8 Å². The fourth-order valence-corrected chi connectivity index (χ4v) is 3.02. The van der Waals surface area contributed by atoms with Crippen molar-refractivity contribution in [2.24, 2.45) is 0 Å². The SMILES string of the molecule is Cc1cc(C#Cc2cnn3c(C(F)(F)F)cc(-c4ccc(C(F)(F)F)cc4)nc23)cnc1N. The highest BCUT2D eigenvalue weighted by atomic mass is 19.4. The standard InChI is InChI=1S/C22H13F6N5/c1-12-8-13(10-30-19(12)29)2-3-15-11-31-33-18(22(26,27)28)9-17(32-20(15)33)14-4-6-16(7-5-14)21(23,24)25/h4-11H,1H3,(H2,29,30).